The third-order valence-electron chi connectivity index (χ3n) is 4.07. The van der Waals surface area contributed by atoms with Gasteiger partial charge in [-0.05, 0) is 31.2 Å². The minimum atomic E-state index is -3.40. The molecule has 0 spiro atoms. The van der Waals surface area contributed by atoms with E-state index in [2.05, 4.69) is 14.9 Å². The smallest absolute Gasteiger partial charge is 0.253 e. The number of amides is 1. The zero-order valence-corrected chi connectivity index (χ0v) is 16.4. The Morgan fingerprint density at radius 2 is 1.96 bits per heavy atom. The lowest BCUT2D eigenvalue weighted by Crippen LogP contribution is -2.38. The molecule has 1 fully saturated rings. The second kappa shape index (κ2) is 9.20. The van der Waals surface area contributed by atoms with Crippen LogP contribution < -0.4 is 14.9 Å². The molecule has 0 aromatic heterocycles. The summed E-state index contributed by atoms with van der Waals surface area (Å²) in [7, 11) is 0.286. The lowest BCUT2D eigenvalue weighted by atomic mass is 10.1. The second-order valence-corrected chi connectivity index (χ2v) is 8.31. The van der Waals surface area contributed by atoms with Crippen LogP contribution in [0.3, 0.4) is 0 Å². The molecule has 1 aliphatic rings. The number of benzene rings is 1. The van der Waals surface area contributed by atoms with Crippen molar-refractivity contribution in [3.05, 3.63) is 23.8 Å². The Kier molecular flexibility index (Phi) is 7.24. The molecule has 1 aromatic rings. The molecular formula is C17H28N4O4S. The molecule has 1 aliphatic heterocycles. The van der Waals surface area contributed by atoms with Crippen molar-refractivity contribution < 1.29 is 17.9 Å². The molecule has 0 bridgehead atoms. The normalized spacial score (nSPS) is 15.5. The van der Waals surface area contributed by atoms with Gasteiger partial charge in [0.1, 0.15) is 0 Å². The van der Waals surface area contributed by atoms with Gasteiger partial charge in [0.05, 0.1) is 25.0 Å². The first-order chi connectivity index (χ1) is 12.3. The molecule has 0 saturated carbocycles. The Balaban J connectivity index is 1.97. The second-order valence-electron chi connectivity index (χ2n) is 6.56. The van der Waals surface area contributed by atoms with Gasteiger partial charge < -0.3 is 15.0 Å². The summed E-state index contributed by atoms with van der Waals surface area (Å²) < 4.78 is 30.6. The lowest BCUT2D eigenvalue weighted by molar-refractivity contribution is 0.0374. The summed E-state index contributed by atoms with van der Waals surface area (Å²) in [6.07, 6.45) is 1.93. The number of carbonyl (C=O) groups excluding carboxylic acids is 1. The Morgan fingerprint density at radius 1 is 1.27 bits per heavy atom. The summed E-state index contributed by atoms with van der Waals surface area (Å²) in [5.41, 5.74) is 1.54. The number of anilines is 2. The molecule has 2 N–H and O–H groups in total. The van der Waals surface area contributed by atoms with E-state index in [0.29, 0.717) is 17.8 Å². The number of hydrogen-bond donors (Lipinski definition) is 2. The van der Waals surface area contributed by atoms with E-state index in [1.807, 2.05) is 19.0 Å². The third kappa shape index (κ3) is 6.47. The fraction of sp³-hybridized carbons (Fsp3) is 0.588. The Labute approximate surface area is 155 Å². The number of morpholine rings is 1. The summed E-state index contributed by atoms with van der Waals surface area (Å²) in [6.45, 7) is 4.86. The lowest BCUT2D eigenvalue weighted by Gasteiger charge is -2.26. The van der Waals surface area contributed by atoms with Gasteiger partial charge in [-0.2, -0.15) is 0 Å². The van der Waals surface area contributed by atoms with Crippen molar-refractivity contribution in [3.8, 4) is 0 Å². The number of hydrogen-bond acceptors (Lipinski definition) is 6. The van der Waals surface area contributed by atoms with Gasteiger partial charge in [0.15, 0.2) is 0 Å². The monoisotopic (exact) mass is 384 g/mol. The number of carbonyl (C=O) groups is 1. The predicted octanol–water partition coefficient (Wildman–Crippen LogP) is 0.576. The summed E-state index contributed by atoms with van der Waals surface area (Å²) in [6, 6.07) is 4.94. The van der Waals surface area contributed by atoms with Crippen molar-refractivity contribution in [1.82, 2.24) is 10.2 Å². The van der Waals surface area contributed by atoms with Crippen LogP contribution in [0.5, 0.6) is 0 Å². The van der Waals surface area contributed by atoms with Crippen molar-refractivity contribution >= 4 is 27.3 Å². The first-order valence-electron chi connectivity index (χ1n) is 8.64. The molecule has 9 heteroatoms. The van der Waals surface area contributed by atoms with Crippen molar-refractivity contribution in [2.45, 2.75) is 6.42 Å². The van der Waals surface area contributed by atoms with Crippen LogP contribution in [0.25, 0.3) is 0 Å². The van der Waals surface area contributed by atoms with E-state index >= 15 is 0 Å². The maximum absolute atomic E-state index is 12.6. The maximum atomic E-state index is 12.6. The topological polar surface area (TPSA) is 91.0 Å². The van der Waals surface area contributed by atoms with Crippen LogP contribution in [-0.4, -0.2) is 79.0 Å². The molecule has 2 rings (SSSR count). The van der Waals surface area contributed by atoms with Gasteiger partial charge >= 0.3 is 0 Å². The summed E-state index contributed by atoms with van der Waals surface area (Å²) >= 11 is 0. The van der Waals surface area contributed by atoms with Crippen LogP contribution in [0, 0.1) is 0 Å². The highest BCUT2D eigenvalue weighted by atomic mass is 32.2. The number of rotatable bonds is 8. The highest BCUT2D eigenvalue weighted by Gasteiger charge is 2.15. The molecule has 0 unspecified atom stereocenters. The van der Waals surface area contributed by atoms with Gasteiger partial charge in [-0.15, -0.1) is 0 Å². The van der Waals surface area contributed by atoms with E-state index in [1.54, 1.807) is 18.2 Å². The average Bonchev–Trinajstić information content (AvgIpc) is 2.57. The summed E-state index contributed by atoms with van der Waals surface area (Å²) in [5.74, 6) is -0.215. The molecule has 1 saturated heterocycles. The molecule has 1 aromatic carbocycles. The molecule has 146 valence electrons. The number of sulfonamides is 1. The zero-order valence-electron chi connectivity index (χ0n) is 15.6. The van der Waals surface area contributed by atoms with Crippen LogP contribution in [0.15, 0.2) is 18.2 Å². The highest BCUT2D eigenvalue weighted by Crippen LogP contribution is 2.23. The SMILES string of the molecule is CN(C)c1ccc(NS(C)(=O)=O)cc1C(=O)NCCCN1CCOCC1. The summed E-state index contributed by atoms with van der Waals surface area (Å²) in [4.78, 5) is 16.7. The molecule has 8 nitrogen and oxygen atoms in total. The van der Waals surface area contributed by atoms with E-state index in [1.165, 1.54) is 0 Å². The molecular weight excluding hydrogens is 356 g/mol. The van der Waals surface area contributed by atoms with Crippen molar-refractivity contribution in [1.29, 1.82) is 0 Å². The Bertz CT molecular complexity index is 715. The van der Waals surface area contributed by atoms with Gasteiger partial charge in [-0.1, -0.05) is 0 Å². The number of nitrogens with one attached hydrogen (secondary N) is 2. The van der Waals surface area contributed by atoms with Gasteiger partial charge in [0.2, 0.25) is 10.0 Å². The predicted molar refractivity (Wildman–Crippen MR) is 103 cm³/mol. The fourth-order valence-electron chi connectivity index (χ4n) is 2.81. The highest BCUT2D eigenvalue weighted by molar-refractivity contribution is 7.92. The van der Waals surface area contributed by atoms with Crippen molar-refractivity contribution in [3.63, 3.8) is 0 Å². The third-order valence-corrected chi connectivity index (χ3v) is 4.67. The maximum Gasteiger partial charge on any atom is 0.253 e. The minimum absolute atomic E-state index is 0.215. The van der Waals surface area contributed by atoms with Crippen LogP contribution in [0.4, 0.5) is 11.4 Å². The number of ether oxygens (including phenoxy) is 1. The van der Waals surface area contributed by atoms with E-state index in [0.717, 1.165) is 51.2 Å². The molecule has 26 heavy (non-hydrogen) atoms. The van der Waals surface area contributed by atoms with E-state index in [4.69, 9.17) is 4.74 Å². The van der Waals surface area contributed by atoms with Gasteiger partial charge in [0, 0.05) is 45.1 Å². The fourth-order valence-corrected chi connectivity index (χ4v) is 3.37. The van der Waals surface area contributed by atoms with Crippen molar-refractivity contribution in [2.75, 3.05) is 69.4 Å². The summed E-state index contributed by atoms with van der Waals surface area (Å²) in [5, 5.41) is 2.92. The first-order valence-corrected chi connectivity index (χ1v) is 10.5. The Morgan fingerprint density at radius 3 is 2.58 bits per heavy atom. The standard InChI is InChI=1S/C17H28N4O4S/c1-20(2)16-6-5-14(19-26(3,23)24)13-15(16)17(22)18-7-4-8-21-9-11-25-12-10-21/h5-6,13,19H,4,7-12H2,1-3H3,(H,18,22). The van der Waals surface area contributed by atoms with Gasteiger partial charge in [-0.3, -0.25) is 14.4 Å². The minimum Gasteiger partial charge on any atom is -0.379 e. The van der Waals surface area contributed by atoms with E-state index < -0.39 is 10.0 Å². The molecule has 0 radical (unpaired) electrons. The quantitative estimate of drug-likeness (QED) is 0.637. The molecule has 1 amide bonds. The van der Waals surface area contributed by atoms with Crippen LogP contribution >= 0.6 is 0 Å². The van der Waals surface area contributed by atoms with Crippen LogP contribution in [-0.2, 0) is 14.8 Å². The molecule has 0 aliphatic carbocycles. The zero-order chi connectivity index (χ0) is 19.2. The van der Waals surface area contributed by atoms with Gasteiger partial charge in [-0.25, -0.2) is 8.42 Å². The van der Waals surface area contributed by atoms with Crippen LogP contribution in [0.1, 0.15) is 16.8 Å². The van der Waals surface area contributed by atoms with E-state index in [-0.39, 0.29) is 5.91 Å². The van der Waals surface area contributed by atoms with Crippen LogP contribution in [0.2, 0.25) is 0 Å². The van der Waals surface area contributed by atoms with Gasteiger partial charge in [0.25, 0.3) is 5.91 Å². The van der Waals surface area contributed by atoms with E-state index in [9.17, 15) is 13.2 Å². The first kappa shape index (κ1) is 20.5. The number of nitrogens with zero attached hydrogens (tertiary/aromatic N) is 2. The average molecular weight is 385 g/mol. The molecule has 1 heterocycles. The largest absolute Gasteiger partial charge is 0.379 e. The van der Waals surface area contributed by atoms with Crippen molar-refractivity contribution in [2.24, 2.45) is 0 Å². The Hall–Kier alpha value is -1.84. The molecule has 0 atom stereocenters.